The maximum absolute atomic E-state index is 13.2. The second-order valence-electron chi connectivity index (χ2n) is 14.8. The van der Waals surface area contributed by atoms with Crippen molar-refractivity contribution in [1.29, 1.82) is 0 Å². The van der Waals surface area contributed by atoms with Gasteiger partial charge in [0.05, 0.1) is 0 Å². The van der Waals surface area contributed by atoms with Crippen molar-refractivity contribution in [2.24, 2.45) is 5.73 Å². The number of rotatable bonds is 6. The van der Waals surface area contributed by atoms with E-state index in [1.54, 1.807) is 0 Å². The molecule has 5 nitrogen and oxygen atoms in total. The van der Waals surface area contributed by atoms with Crippen molar-refractivity contribution in [2.75, 3.05) is 13.1 Å². The molecular weight excluding hydrogens is 472 g/mol. The van der Waals surface area contributed by atoms with Gasteiger partial charge in [-0.1, -0.05) is 107 Å². The molecule has 0 heterocycles. The summed E-state index contributed by atoms with van der Waals surface area (Å²) in [4.78, 5) is 13.2. The van der Waals surface area contributed by atoms with E-state index >= 15 is 0 Å². The highest BCUT2D eigenvalue weighted by Crippen LogP contribution is 2.46. The van der Waals surface area contributed by atoms with E-state index in [0.29, 0.717) is 24.6 Å². The predicted octanol–water partition coefficient (Wildman–Crippen LogP) is 6.88. The number of benzene rings is 2. The van der Waals surface area contributed by atoms with Gasteiger partial charge >= 0.3 is 0 Å². The molecule has 2 aromatic carbocycles. The molecule has 0 fully saturated rings. The summed E-state index contributed by atoms with van der Waals surface area (Å²) in [5, 5.41) is 25.6. The Morgan fingerprint density at radius 2 is 0.974 bits per heavy atom. The molecule has 0 aromatic heterocycles. The molecule has 2 aromatic rings. The summed E-state index contributed by atoms with van der Waals surface area (Å²) >= 11 is 0. The first-order chi connectivity index (χ1) is 17.1. The molecule has 0 saturated heterocycles. The number of nitrogens with two attached hydrogens (primary N) is 1. The number of nitrogens with one attached hydrogen (secondary N) is 1. The highest BCUT2D eigenvalue weighted by atomic mass is 16.3. The molecule has 0 saturated carbocycles. The van der Waals surface area contributed by atoms with Crippen molar-refractivity contribution >= 4 is 5.91 Å². The summed E-state index contributed by atoms with van der Waals surface area (Å²) < 4.78 is 0. The molecule has 0 aliphatic rings. The molecule has 5 heteroatoms. The average Bonchev–Trinajstić information content (AvgIpc) is 2.73. The Labute approximate surface area is 231 Å². The molecule has 0 aliphatic heterocycles. The number of amides is 1. The highest BCUT2D eigenvalue weighted by molar-refractivity contribution is 5.78. The van der Waals surface area contributed by atoms with Crippen LogP contribution < -0.4 is 11.1 Å². The van der Waals surface area contributed by atoms with Crippen molar-refractivity contribution in [3.63, 3.8) is 0 Å². The molecule has 38 heavy (non-hydrogen) atoms. The van der Waals surface area contributed by atoms with Crippen molar-refractivity contribution in [1.82, 2.24) is 5.32 Å². The Hall–Kier alpha value is -2.53. The van der Waals surface area contributed by atoms with Crippen LogP contribution in [0.4, 0.5) is 0 Å². The Bertz CT molecular complexity index is 1000. The van der Waals surface area contributed by atoms with Crippen LogP contribution in [0.5, 0.6) is 11.5 Å². The van der Waals surface area contributed by atoms with Crippen LogP contribution in [0.3, 0.4) is 0 Å². The number of hydrogen-bond acceptors (Lipinski definition) is 4. The van der Waals surface area contributed by atoms with Crippen LogP contribution in [0.15, 0.2) is 24.3 Å². The van der Waals surface area contributed by atoms with Gasteiger partial charge in [-0.15, -0.1) is 0 Å². The molecule has 0 radical (unpaired) electrons. The molecule has 212 valence electrons. The van der Waals surface area contributed by atoms with Gasteiger partial charge in [-0.3, -0.25) is 4.79 Å². The molecule has 0 spiro atoms. The monoisotopic (exact) mass is 524 g/mol. The second-order valence-corrected chi connectivity index (χ2v) is 14.8. The van der Waals surface area contributed by atoms with Crippen molar-refractivity contribution in [3.05, 3.63) is 57.6 Å². The van der Waals surface area contributed by atoms with Gasteiger partial charge < -0.3 is 21.3 Å². The van der Waals surface area contributed by atoms with Gasteiger partial charge in [-0.25, -0.2) is 0 Å². The Balaban J connectivity index is 2.98. The van der Waals surface area contributed by atoms with Gasteiger partial charge in [-0.2, -0.15) is 0 Å². The maximum atomic E-state index is 13.2. The third-order valence-corrected chi connectivity index (χ3v) is 7.16. The molecule has 1 amide bonds. The quantitative estimate of drug-likeness (QED) is 0.331. The van der Waals surface area contributed by atoms with E-state index in [1.165, 1.54) is 0 Å². The minimum absolute atomic E-state index is 0.0779. The van der Waals surface area contributed by atoms with E-state index in [9.17, 15) is 15.0 Å². The first kappa shape index (κ1) is 31.7. The Kier molecular flexibility index (Phi) is 9.10. The summed E-state index contributed by atoms with van der Waals surface area (Å²) in [5.74, 6) is 0.275. The van der Waals surface area contributed by atoms with Gasteiger partial charge in [0.1, 0.15) is 11.5 Å². The summed E-state index contributed by atoms with van der Waals surface area (Å²) in [7, 11) is 0. The lowest BCUT2D eigenvalue weighted by Crippen LogP contribution is -2.30. The van der Waals surface area contributed by atoms with Crippen molar-refractivity contribution < 1.29 is 15.0 Å². The van der Waals surface area contributed by atoms with E-state index in [-0.39, 0.29) is 39.9 Å². The molecule has 0 unspecified atom stereocenters. The standard InChI is InChI=1S/C33H52N2O3/c1-30(2,3)23-15-20(16-24(28(23)37)31(4,5)6)22(19-27(36)35-14-13-34)21-17-25(32(7,8)9)29(38)26(18-21)33(10,11)12/h15-18,22,37-38H,13-14,19,34H2,1-12H3,(H,35,36). The fourth-order valence-corrected chi connectivity index (χ4v) is 4.90. The normalized spacial score (nSPS) is 13.2. The van der Waals surface area contributed by atoms with E-state index in [0.717, 1.165) is 33.4 Å². The molecule has 5 N–H and O–H groups in total. The Morgan fingerprint density at radius 1 is 0.684 bits per heavy atom. The fraction of sp³-hybridized carbons (Fsp3) is 0.606. The largest absolute Gasteiger partial charge is 0.507 e. The van der Waals surface area contributed by atoms with Gasteiger partial charge in [0.2, 0.25) is 5.91 Å². The third kappa shape index (κ3) is 7.31. The summed E-state index contributed by atoms with van der Waals surface area (Å²) in [6.45, 7) is 25.9. The van der Waals surface area contributed by atoms with E-state index in [1.807, 2.05) is 0 Å². The number of phenolic OH excluding ortho intramolecular Hbond substituents is 2. The third-order valence-electron chi connectivity index (χ3n) is 7.16. The molecule has 0 bridgehead atoms. The maximum Gasteiger partial charge on any atom is 0.220 e. The van der Waals surface area contributed by atoms with E-state index in [2.05, 4.69) is 113 Å². The van der Waals surface area contributed by atoms with Crippen LogP contribution in [0.1, 0.15) is 129 Å². The fourth-order valence-electron chi connectivity index (χ4n) is 4.90. The smallest absolute Gasteiger partial charge is 0.220 e. The SMILES string of the molecule is CC(C)(C)c1cc(C(CC(=O)NCCN)c2cc(C(C)(C)C)c(O)c(C(C)(C)C)c2)cc(C(C)(C)C)c1O. The molecular formula is C33H52N2O3. The van der Waals surface area contributed by atoms with Crippen molar-refractivity contribution in [2.45, 2.75) is 117 Å². The summed E-state index contributed by atoms with van der Waals surface area (Å²) in [6.07, 6.45) is 0.232. The summed E-state index contributed by atoms with van der Waals surface area (Å²) in [6, 6.07) is 8.25. The number of phenols is 2. The number of aromatic hydroxyl groups is 2. The van der Waals surface area contributed by atoms with Crippen molar-refractivity contribution in [3.8, 4) is 11.5 Å². The second kappa shape index (κ2) is 10.9. The van der Waals surface area contributed by atoms with E-state index in [4.69, 9.17) is 5.73 Å². The lowest BCUT2D eigenvalue weighted by Gasteiger charge is -2.32. The van der Waals surface area contributed by atoms with Gasteiger partial charge in [0, 0.05) is 25.4 Å². The zero-order valence-corrected chi connectivity index (χ0v) is 25.9. The first-order valence-corrected chi connectivity index (χ1v) is 13.8. The minimum atomic E-state index is -0.297. The minimum Gasteiger partial charge on any atom is -0.507 e. The first-order valence-electron chi connectivity index (χ1n) is 13.8. The van der Waals surface area contributed by atoms with Crippen LogP contribution in [0, 0.1) is 0 Å². The van der Waals surface area contributed by atoms with Gasteiger partial charge in [-0.05, 0) is 55.0 Å². The average molecular weight is 525 g/mol. The Morgan fingerprint density at radius 3 is 1.21 bits per heavy atom. The predicted molar refractivity (Wildman–Crippen MR) is 160 cm³/mol. The van der Waals surface area contributed by atoms with Crippen LogP contribution in [-0.2, 0) is 26.5 Å². The van der Waals surface area contributed by atoms with Gasteiger partial charge in [0.25, 0.3) is 0 Å². The lowest BCUT2D eigenvalue weighted by molar-refractivity contribution is -0.121. The topological polar surface area (TPSA) is 95.6 Å². The lowest BCUT2D eigenvalue weighted by atomic mass is 9.73. The van der Waals surface area contributed by atoms with Crippen LogP contribution in [0.25, 0.3) is 0 Å². The zero-order chi connectivity index (χ0) is 29.4. The number of carbonyl (C=O) groups is 1. The molecule has 0 aliphatic carbocycles. The molecule has 0 atom stereocenters. The number of carbonyl (C=O) groups excluding carboxylic acids is 1. The highest BCUT2D eigenvalue weighted by Gasteiger charge is 2.32. The van der Waals surface area contributed by atoms with Gasteiger partial charge in [0.15, 0.2) is 0 Å². The van der Waals surface area contributed by atoms with Crippen LogP contribution >= 0.6 is 0 Å². The van der Waals surface area contributed by atoms with Crippen LogP contribution in [0.2, 0.25) is 0 Å². The summed E-state index contributed by atoms with van der Waals surface area (Å²) in [5.41, 5.74) is 9.87. The zero-order valence-electron chi connectivity index (χ0n) is 25.9. The van der Waals surface area contributed by atoms with Crippen LogP contribution in [-0.4, -0.2) is 29.2 Å². The van der Waals surface area contributed by atoms with E-state index < -0.39 is 0 Å². The number of hydrogen-bond donors (Lipinski definition) is 4. The molecule has 2 rings (SSSR count).